The average molecular weight is 395 g/mol. The van der Waals surface area contributed by atoms with Gasteiger partial charge < -0.3 is 4.90 Å². The van der Waals surface area contributed by atoms with E-state index in [1.165, 1.54) is 15.1 Å². The van der Waals surface area contributed by atoms with Crippen LogP contribution in [0.5, 0.6) is 0 Å². The maximum atomic E-state index is 13.1. The van der Waals surface area contributed by atoms with Gasteiger partial charge in [-0.1, -0.05) is 30.3 Å². The lowest BCUT2D eigenvalue weighted by molar-refractivity contribution is -0.119. The summed E-state index contributed by atoms with van der Waals surface area (Å²) in [6, 6.07) is 8.02. The maximum Gasteiger partial charge on any atom is 0.279 e. The van der Waals surface area contributed by atoms with Gasteiger partial charge in [-0.25, -0.2) is 4.68 Å². The van der Waals surface area contributed by atoms with E-state index >= 15 is 0 Å². The van der Waals surface area contributed by atoms with Crippen LogP contribution in [-0.2, 0) is 30.6 Å². The summed E-state index contributed by atoms with van der Waals surface area (Å²) in [7, 11) is 0. The minimum absolute atomic E-state index is 0.0766. The van der Waals surface area contributed by atoms with E-state index in [2.05, 4.69) is 23.3 Å². The SMILES string of the molecule is C[C@H]1CCc2c(sc3nnn(CC(=O)N4c5ccccc5C[C@@H]4C)c(=O)c23)C1. The van der Waals surface area contributed by atoms with Crippen molar-refractivity contribution in [2.75, 3.05) is 4.90 Å². The van der Waals surface area contributed by atoms with Crippen LogP contribution < -0.4 is 10.5 Å². The zero-order valence-electron chi connectivity index (χ0n) is 16.0. The predicted molar refractivity (Wildman–Crippen MR) is 110 cm³/mol. The van der Waals surface area contributed by atoms with Crippen molar-refractivity contribution in [3.63, 3.8) is 0 Å². The molecule has 1 aliphatic carbocycles. The summed E-state index contributed by atoms with van der Waals surface area (Å²) in [5, 5.41) is 9.03. The molecule has 6 nitrogen and oxygen atoms in total. The van der Waals surface area contributed by atoms with Gasteiger partial charge in [0.25, 0.3) is 5.56 Å². The Morgan fingerprint density at radius 3 is 2.93 bits per heavy atom. The van der Waals surface area contributed by atoms with Crippen LogP contribution in [0, 0.1) is 5.92 Å². The van der Waals surface area contributed by atoms with Gasteiger partial charge in [0.1, 0.15) is 6.54 Å². The molecule has 5 rings (SSSR count). The average Bonchev–Trinajstić information content (AvgIpc) is 3.20. The van der Waals surface area contributed by atoms with E-state index in [1.54, 1.807) is 16.2 Å². The molecule has 2 aliphatic rings. The number of anilines is 1. The standard InChI is InChI=1S/C21H22N4O2S/c1-12-7-8-15-17(9-12)28-20-19(15)21(27)24(23-22-20)11-18(26)25-13(2)10-14-5-3-4-6-16(14)25/h3-6,12-13H,7-11H2,1-2H3/t12-,13-/m0/s1. The van der Waals surface area contributed by atoms with E-state index in [0.29, 0.717) is 16.1 Å². The number of rotatable bonds is 2. The van der Waals surface area contributed by atoms with E-state index in [0.717, 1.165) is 36.9 Å². The smallest absolute Gasteiger partial charge is 0.279 e. The van der Waals surface area contributed by atoms with Crippen LogP contribution in [-0.4, -0.2) is 26.9 Å². The largest absolute Gasteiger partial charge is 0.307 e. The molecule has 144 valence electrons. The number of benzene rings is 1. The number of carbonyl (C=O) groups excluding carboxylic acids is 1. The molecule has 0 bridgehead atoms. The van der Waals surface area contributed by atoms with E-state index in [-0.39, 0.29) is 24.1 Å². The molecule has 2 atom stereocenters. The normalized spacial score (nSPS) is 21.0. The molecular weight excluding hydrogens is 372 g/mol. The van der Waals surface area contributed by atoms with Crippen molar-refractivity contribution in [1.29, 1.82) is 0 Å². The van der Waals surface area contributed by atoms with E-state index < -0.39 is 0 Å². The molecule has 3 aromatic rings. The second kappa shape index (κ2) is 6.51. The van der Waals surface area contributed by atoms with Gasteiger partial charge >= 0.3 is 0 Å². The fourth-order valence-electron chi connectivity index (χ4n) is 4.54. The molecule has 7 heteroatoms. The summed E-state index contributed by atoms with van der Waals surface area (Å²) in [5.41, 5.74) is 3.03. The van der Waals surface area contributed by atoms with Gasteiger partial charge in [-0.05, 0) is 55.7 Å². The number of aromatic nitrogens is 3. The van der Waals surface area contributed by atoms with Gasteiger partial charge in [0.2, 0.25) is 5.91 Å². The molecule has 0 radical (unpaired) electrons. The molecule has 0 unspecified atom stereocenters. The van der Waals surface area contributed by atoms with Crippen molar-refractivity contribution in [3.8, 4) is 0 Å². The molecule has 1 aromatic carbocycles. The third-order valence-corrected chi connectivity index (χ3v) is 7.08. The summed E-state index contributed by atoms with van der Waals surface area (Å²) in [4.78, 5) is 29.9. The Hall–Kier alpha value is -2.54. The van der Waals surface area contributed by atoms with Gasteiger partial charge in [0, 0.05) is 16.6 Å². The van der Waals surface area contributed by atoms with Crippen molar-refractivity contribution < 1.29 is 4.79 Å². The lowest BCUT2D eigenvalue weighted by Gasteiger charge is -2.22. The lowest BCUT2D eigenvalue weighted by Crippen LogP contribution is -2.40. The molecule has 3 heterocycles. The van der Waals surface area contributed by atoms with Crippen LogP contribution >= 0.6 is 11.3 Å². The Labute approximate surface area is 166 Å². The number of amides is 1. The fraction of sp³-hybridized carbons (Fsp3) is 0.429. The zero-order chi connectivity index (χ0) is 19.4. The molecular formula is C21H22N4O2S. The van der Waals surface area contributed by atoms with Crippen LogP contribution in [0.3, 0.4) is 0 Å². The van der Waals surface area contributed by atoms with Crippen molar-refractivity contribution in [1.82, 2.24) is 15.0 Å². The molecule has 28 heavy (non-hydrogen) atoms. The van der Waals surface area contributed by atoms with Crippen LogP contribution in [0.25, 0.3) is 10.2 Å². The van der Waals surface area contributed by atoms with Gasteiger partial charge in [0.05, 0.1) is 5.39 Å². The lowest BCUT2D eigenvalue weighted by atomic mass is 9.89. The summed E-state index contributed by atoms with van der Waals surface area (Å²) in [6.07, 6.45) is 3.82. The highest BCUT2D eigenvalue weighted by Crippen LogP contribution is 2.35. The number of thiophene rings is 1. The maximum absolute atomic E-state index is 13.1. The molecule has 1 aliphatic heterocycles. The number of hydrogen-bond acceptors (Lipinski definition) is 5. The topological polar surface area (TPSA) is 68.1 Å². The van der Waals surface area contributed by atoms with Crippen LogP contribution in [0.1, 0.15) is 36.3 Å². The van der Waals surface area contributed by atoms with Crippen molar-refractivity contribution in [3.05, 3.63) is 50.6 Å². The first-order valence-electron chi connectivity index (χ1n) is 9.81. The monoisotopic (exact) mass is 394 g/mol. The minimum atomic E-state index is -0.189. The summed E-state index contributed by atoms with van der Waals surface area (Å²) in [6.45, 7) is 4.19. The van der Waals surface area contributed by atoms with Crippen molar-refractivity contribution >= 4 is 33.1 Å². The molecule has 1 amide bonds. The zero-order valence-corrected chi connectivity index (χ0v) is 16.8. The second-order valence-corrected chi connectivity index (χ2v) is 9.11. The number of aryl methyl sites for hydroxylation is 1. The second-order valence-electron chi connectivity index (χ2n) is 8.03. The first-order valence-corrected chi connectivity index (χ1v) is 10.6. The Kier molecular flexibility index (Phi) is 4.08. The first-order chi connectivity index (χ1) is 13.5. The Balaban J connectivity index is 1.50. The summed E-state index contributed by atoms with van der Waals surface area (Å²) >= 11 is 1.58. The Morgan fingerprint density at radius 2 is 2.07 bits per heavy atom. The van der Waals surface area contributed by atoms with Crippen LogP contribution in [0.15, 0.2) is 29.1 Å². The molecule has 0 N–H and O–H groups in total. The van der Waals surface area contributed by atoms with Crippen molar-refractivity contribution in [2.24, 2.45) is 5.92 Å². The third-order valence-electron chi connectivity index (χ3n) is 5.95. The van der Waals surface area contributed by atoms with Crippen LogP contribution in [0.2, 0.25) is 0 Å². The molecule has 0 saturated heterocycles. The highest BCUT2D eigenvalue weighted by molar-refractivity contribution is 7.18. The summed E-state index contributed by atoms with van der Waals surface area (Å²) < 4.78 is 1.24. The number of nitrogens with zero attached hydrogens (tertiary/aromatic N) is 4. The first kappa shape index (κ1) is 17.6. The number of fused-ring (bicyclic) bond motifs is 4. The molecule has 0 spiro atoms. The predicted octanol–water partition coefficient (Wildman–Crippen LogP) is 2.96. The molecule has 0 fully saturated rings. The highest BCUT2D eigenvalue weighted by atomic mass is 32.1. The van der Waals surface area contributed by atoms with E-state index in [4.69, 9.17) is 0 Å². The molecule has 2 aromatic heterocycles. The highest BCUT2D eigenvalue weighted by Gasteiger charge is 2.31. The Bertz CT molecular complexity index is 1150. The van der Waals surface area contributed by atoms with E-state index in [1.807, 2.05) is 25.1 Å². The number of para-hydroxylation sites is 1. The van der Waals surface area contributed by atoms with E-state index in [9.17, 15) is 9.59 Å². The Morgan fingerprint density at radius 1 is 1.25 bits per heavy atom. The van der Waals surface area contributed by atoms with Gasteiger partial charge in [-0.2, -0.15) is 0 Å². The third kappa shape index (κ3) is 2.68. The quantitative estimate of drug-likeness (QED) is 0.670. The summed E-state index contributed by atoms with van der Waals surface area (Å²) in [5.74, 6) is 0.514. The minimum Gasteiger partial charge on any atom is -0.307 e. The van der Waals surface area contributed by atoms with Gasteiger partial charge in [-0.3, -0.25) is 9.59 Å². The van der Waals surface area contributed by atoms with Gasteiger partial charge in [-0.15, -0.1) is 16.4 Å². The fourth-order valence-corrected chi connectivity index (χ4v) is 5.86. The van der Waals surface area contributed by atoms with Crippen LogP contribution in [0.4, 0.5) is 5.69 Å². The number of hydrogen-bond donors (Lipinski definition) is 0. The van der Waals surface area contributed by atoms with Gasteiger partial charge in [0.15, 0.2) is 4.83 Å². The number of carbonyl (C=O) groups is 1. The molecule has 0 saturated carbocycles. The van der Waals surface area contributed by atoms with Crippen molar-refractivity contribution in [2.45, 2.75) is 52.1 Å².